The van der Waals surface area contributed by atoms with E-state index in [1.54, 1.807) is 68.7 Å². The first-order valence-electron chi connectivity index (χ1n) is 41.6. The fourth-order valence-electron chi connectivity index (χ4n) is 15.3. The van der Waals surface area contributed by atoms with Crippen molar-refractivity contribution in [2.75, 3.05) is 76.6 Å². The number of methoxy groups -OCH3 is 8. The second-order valence-corrected chi connectivity index (χ2v) is 33.7. The summed E-state index contributed by atoms with van der Waals surface area (Å²) in [5, 5.41) is 4.61. The number of carbonyl (C=O) groups excluding carboxylic acids is 2. The normalized spacial score (nSPS) is 18.4. The molecule has 0 spiro atoms. The first kappa shape index (κ1) is 88.2. The molecule has 7 fully saturated rings. The zero-order valence-electron chi connectivity index (χ0n) is 71.2. The number of allylic oxidation sites excluding steroid dienone is 2. The number of benzene rings is 4. The molecular formula is C90H120BCl2N9O14. The van der Waals surface area contributed by atoms with Crippen LogP contribution in [0.2, 0.25) is 5.15 Å². The van der Waals surface area contributed by atoms with E-state index >= 15 is 0 Å². The quantitative estimate of drug-likeness (QED) is 0.0466. The van der Waals surface area contributed by atoms with Gasteiger partial charge in [-0.2, -0.15) is 0 Å². The molecule has 9 aliphatic rings. The SMILES string of the molecule is CC(C)(C)OC(=O)N1CC=C(B2OC(C)(C)C(C)(C)O2)CC1.CCOC(C)=O.COc1cc2nc(C3CC3)nc(C3=CCCCC3)c2cc1OC.COc1cc2nc(C3CC3)nc(C3CCCCC3)c2cc1OC.COc1cc2nc(C3CC3)nc(C3CCCCC3)c2cc1OC.COc1cc2nc(C3CC3)nc(Cl)c2cc1OC.Cl. The highest BCUT2D eigenvalue weighted by atomic mass is 35.5. The predicted octanol–water partition coefficient (Wildman–Crippen LogP) is 21.0. The molecule has 17 rings (SSSR count). The number of halogens is 2. The third-order valence-corrected chi connectivity index (χ3v) is 23.3. The summed E-state index contributed by atoms with van der Waals surface area (Å²) in [5.74, 6) is 12.7. The van der Waals surface area contributed by atoms with Crippen LogP contribution in [0.15, 0.2) is 66.2 Å². The van der Waals surface area contributed by atoms with Crippen molar-refractivity contribution in [2.24, 2.45) is 0 Å². The van der Waals surface area contributed by atoms with Gasteiger partial charge in [0.25, 0.3) is 0 Å². The van der Waals surface area contributed by atoms with Crippen LogP contribution in [0.3, 0.4) is 0 Å². The van der Waals surface area contributed by atoms with Gasteiger partial charge in [0.2, 0.25) is 0 Å². The number of fused-ring (bicyclic) bond motifs is 4. The van der Waals surface area contributed by atoms with Gasteiger partial charge in [0, 0.05) is 101 Å². The van der Waals surface area contributed by atoms with Crippen LogP contribution >= 0.6 is 24.0 Å². The predicted molar refractivity (Wildman–Crippen MR) is 458 cm³/mol. The fourth-order valence-corrected chi connectivity index (χ4v) is 15.5. The number of aromatic nitrogens is 8. The Hall–Kier alpha value is -8.58. The maximum Gasteiger partial charge on any atom is 0.490 e. The topological polar surface area (TPSA) is 251 Å². The van der Waals surface area contributed by atoms with E-state index in [1.807, 2.05) is 90.9 Å². The molecule has 2 aliphatic heterocycles. The van der Waals surface area contributed by atoms with Crippen molar-refractivity contribution in [1.29, 1.82) is 0 Å². The third kappa shape index (κ3) is 22.0. The van der Waals surface area contributed by atoms with Gasteiger partial charge in [0.05, 0.1) is 114 Å². The highest BCUT2D eigenvalue weighted by Crippen LogP contribution is 2.48. The molecule has 1 saturated heterocycles. The Morgan fingerprint density at radius 2 is 0.836 bits per heavy atom. The van der Waals surface area contributed by atoms with Crippen molar-refractivity contribution >= 4 is 92.4 Å². The number of hydrogen-bond donors (Lipinski definition) is 0. The number of ether oxygens (including phenoxy) is 10. The molecule has 8 aromatic rings. The maximum atomic E-state index is 12.1. The van der Waals surface area contributed by atoms with E-state index < -0.39 is 5.60 Å². The molecule has 0 bridgehead atoms. The van der Waals surface area contributed by atoms with Crippen molar-refractivity contribution in [3.05, 3.63) is 112 Å². The lowest BCUT2D eigenvalue weighted by Gasteiger charge is -2.32. The number of esters is 1. The molecule has 116 heavy (non-hydrogen) atoms. The minimum absolute atomic E-state index is 0. The standard InChI is InChI=1S/2C19H24N2O2.C19H22N2O2.C16H28BNO4.C13H13ClN2O2.C4H8O2.ClH/c3*1-22-16-10-14-15(11-17(16)23-2)20-19(13-8-9-13)21-18(14)12-6-4-3-5-7-12;1-14(2,3)20-13(19)18-10-8-12(9-11-18)17-21-15(4,5)16(6,7)22-17;1-17-10-5-8-9(6-11(10)18-2)15-13(7-3-4-7)16-12(8)14;1-3-6-4(2)5;/h2*10-13H,3-9H2,1-2H3;6,10-11,13H,3-5,7-9H2,1-2H3;8H,9-11H2,1-7H3;5-7H,3-4H2,1-2H3;3H2,1-2H3;1H. The summed E-state index contributed by atoms with van der Waals surface area (Å²) in [7, 11) is 12.9. The van der Waals surface area contributed by atoms with Gasteiger partial charge in [-0.15, -0.1) is 12.4 Å². The number of hydrogen-bond acceptors (Lipinski definition) is 22. The largest absolute Gasteiger partial charge is 0.493 e. The van der Waals surface area contributed by atoms with Gasteiger partial charge in [-0.05, 0) is 200 Å². The zero-order chi connectivity index (χ0) is 81.9. The Kier molecular flexibility index (Phi) is 29.9. The van der Waals surface area contributed by atoms with Crippen LogP contribution in [-0.4, -0.2) is 157 Å². The Bertz CT molecular complexity index is 4680. The van der Waals surface area contributed by atoms with Crippen LogP contribution in [-0.2, 0) is 23.6 Å². The van der Waals surface area contributed by atoms with E-state index in [0.717, 1.165) is 145 Å². The van der Waals surface area contributed by atoms with Crippen LogP contribution in [0.5, 0.6) is 46.0 Å². The molecule has 6 heterocycles. The Labute approximate surface area is 696 Å². The number of nitrogens with zero attached hydrogens (tertiary/aromatic N) is 9. The fraction of sp³-hybridized carbons (Fsp3) is 0.578. The van der Waals surface area contributed by atoms with Crippen molar-refractivity contribution in [3.63, 3.8) is 0 Å². The monoisotopic (exact) mass is 1630 g/mol. The summed E-state index contributed by atoms with van der Waals surface area (Å²) < 4.78 is 65.3. The third-order valence-electron chi connectivity index (χ3n) is 23.0. The van der Waals surface area contributed by atoms with E-state index in [1.165, 1.54) is 139 Å². The molecular weight excluding hydrogens is 1510 g/mol. The number of carbonyl (C=O) groups is 2. The second kappa shape index (κ2) is 39.3. The molecule has 0 atom stereocenters. The first-order chi connectivity index (χ1) is 55.3. The number of rotatable bonds is 17. The molecule has 7 aliphatic carbocycles. The van der Waals surface area contributed by atoms with Gasteiger partial charge in [0.1, 0.15) is 34.1 Å². The summed E-state index contributed by atoms with van der Waals surface area (Å²) in [5.41, 5.74) is 8.66. The van der Waals surface area contributed by atoms with Gasteiger partial charge < -0.3 is 61.6 Å². The number of amides is 1. The molecule has 0 N–H and O–H groups in total. The zero-order valence-corrected chi connectivity index (χ0v) is 72.8. The summed E-state index contributed by atoms with van der Waals surface area (Å²) in [6.45, 7) is 18.6. The van der Waals surface area contributed by atoms with Gasteiger partial charge >= 0.3 is 19.2 Å². The molecule has 1 amide bonds. The van der Waals surface area contributed by atoms with Crippen LogP contribution in [0.25, 0.3) is 49.2 Å². The molecule has 626 valence electrons. The van der Waals surface area contributed by atoms with E-state index in [9.17, 15) is 9.59 Å². The molecule has 4 aromatic carbocycles. The maximum absolute atomic E-state index is 12.1. The summed E-state index contributed by atoms with van der Waals surface area (Å²) >= 11 is 6.21. The van der Waals surface area contributed by atoms with E-state index in [2.05, 4.69) is 32.9 Å². The molecule has 23 nitrogen and oxygen atoms in total. The van der Waals surface area contributed by atoms with Crippen molar-refractivity contribution in [2.45, 2.75) is 262 Å². The lowest BCUT2D eigenvalue weighted by Crippen LogP contribution is -2.41. The first-order valence-corrected chi connectivity index (χ1v) is 41.9. The molecule has 26 heteroatoms. The second-order valence-electron chi connectivity index (χ2n) is 33.3. The highest BCUT2D eigenvalue weighted by molar-refractivity contribution is 6.54. The average Bonchev–Trinajstić information content (AvgIpc) is 1.71. The average molecular weight is 1630 g/mol. The smallest absolute Gasteiger partial charge is 0.490 e. The van der Waals surface area contributed by atoms with Crippen molar-refractivity contribution in [1.82, 2.24) is 44.8 Å². The summed E-state index contributed by atoms with van der Waals surface area (Å²) in [6.07, 6.45) is 32.1. The van der Waals surface area contributed by atoms with E-state index in [-0.39, 0.29) is 42.8 Å². The van der Waals surface area contributed by atoms with Crippen molar-refractivity contribution in [3.8, 4) is 46.0 Å². The minimum Gasteiger partial charge on any atom is -0.493 e. The van der Waals surface area contributed by atoms with Gasteiger partial charge in [-0.3, -0.25) is 4.79 Å². The summed E-state index contributed by atoms with van der Waals surface area (Å²) in [6, 6.07) is 15.8. The molecule has 0 radical (unpaired) electrons. The minimum atomic E-state index is -0.465. The lowest BCUT2D eigenvalue weighted by atomic mass is 9.75. The van der Waals surface area contributed by atoms with Gasteiger partial charge in [-0.1, -0.05) is 62.3 Å². The Morgan fingerprint density at radius 1 is 0.466 bits per heavy atom. The van der Waals surface area contributed by atoms with Crippen LogP contribution < -0.4 is 37.9 Å². The molecule has 6 saturated carbocycles. The van der Waals surface area contributed by atoms with Gasteiger partial charge in [0.15, 0.2) is 46.0 Å². The summed E-state index contributed by atoms with van der Waals surface area (Å²) in [4.78, 5) is 61.9. The lowest BCUT2D eigenvalue weighted by molar-refractivity contribution is -0.140. The highest BCUT2D eigenvalue weighted by Gasteiger charge is 2.52. The van der Waals surface area contributed by atoms with E-state index in [4.69, 9.17) is 93.4 Å². The Balaban J connectivity index is 0.000000140. The van der Waals surface area contributed by atoms with Gasteiger partial charge in [-0.25, -0.2) is 44.7 Å². The van der Waals surface area contributed by atoms with Crippen molar-refractivity contribution < 1.29 is 66.3 Å². The Morgan fingerprint density at radius 3 is 1.18 bits per heavy atom. The van der Waals surface area contributed by atoms with Crippen LogP contribution in [0.1, 0.15) is 286 Å². The van der Waals surface area contributed by atoms with Crippen LogP contribution in [0.4, 0.5) is 4.79 Å². The van der Waals surface area contributed by atoms with E-state index in [0.29, 0.717) is 71.9 Å². The van der Waals surface area contributed by atoms with Crippen LogP contribution in [0, 0.1) is 0 Å². The molecule has 4 aromatic heterocycles. The molecule has 0 unspecified atom stereocenters.